The van der Waals surface area contributed by atoms with E-state index < -0.39 is 0 Å². The molecule has 1 aromatic heterocycles. The zero-order chi connectivity index (χ0) is 23.8. The van der Waals surface area contributed by atoms with Crippen molar-refractivity contribution in [3.05, 3.63) is 100.0 Å². The van der Waals surface area contributed by atoms with Gasteiger partial charge in [0.2, 0.25) is 5.91 Å². The van der Waals surface area contributed by atoms with Crippen molar-refractivity contribution in [2.45, 2.75) is 38.0 Å². The molecule has 1 amide bonds. The highest BCUT2D eigenvalue weighted by Gasteiger charge is 2.43. The number of nitrogens with zero attached hydrogens (tertiary/aromatic N) is 2. The smallest absolute Gasteiger partial charge is 0.232 e. The number of halogens is 1. The maximum absolute atomic E-state index is 13.7. The van der Waals surface area contributed by atoms with Crippen LogP contribution in [0, 0.1) is 6.92 Å². The summed E-state index contributed by atoms with van der Waals surface area (Å²) in [7, 11) is 1.56. The number of ketones is 1. The molecule has 34 heavy (non-hydrogen) atoms. The average Bonchev–Trinajstić information content (AvgIpc) is 2.86. The third-order valence-corrected chi connectivity index (χ3v) is 7.22. The second-order valence-corrected chi connectivity index (χ2v) is 9.25. The molecule has 0 spiro atoms. The van der Waals surface area contributed by atoms with Gasteiger partial charge in [-0.1, -0.05) is 41.9 Å². The van der Waals surface area contributed by atoms with E-state index in [4.69, 9.17) is 16.3 Å². The Morgan fingerprint density at radius 1 is 0.971 bits per heavy atom. The first-order valence-electron chi connectivity index (χ1n) is 11.4. The molecule has 5 rings (SSSR count). The number of methoxy groups -OCH3 is 1. The van der Waals surface area contributed by atoms with Gasteiger partial charge < -0.3 is 4.74 Å². The van der Waals surface area contributed by atoms with E-state index in [2.05, 4.69) is 4.98 Å². The van der Waals surface area contributed by atoms with Crippen LogP contribution in [0.4, 0.5) is 5.69 Å². The maximum Gasteiger partial charge on any atom is 0.232 e. The van der Waals surface area contributed by atoms with Gasteiger partial charge in [0.05, 0.1) is 12.8 Å². The number of rotatable bonds is 4. The first-order chi connectivity index (χ1) is 16.5. The SMILES string of the molecule is COc1cc(Cl)c(C)cc1N1C(=O)CC(c2ccncc2)C2=C1CC(c1ccccc1)CC2=O. The fourth-order valence-corrected chi connectivity index (χ4v) is 5.30. The van der Waals surface area contributed by atoms with Gasteiger partial charge >= 0.3 is 0 Å². The third kappa shape index (κ3) is 3.90. The Morgan fingerprint density at radius 2 is 1.71 bits per heavy atom. The highest BCUT2D eigenvalue weighted by atomic mass is 35.5. The molecule has 0 saturated carbocycles. The van der Waals surface area contributed by atoms with Crippen LogP contribution in [-0.2, 0) is 9.59 Å². The first-order valence-corrected chi connectivity index (χ1v) is 11.7. The number of allylic oxidation sites excluding steroid dienone is 2. The number of ether oxygens (including phenoxy) is 1. The van der Waals surface area contributed by atoms with E-state index in [0.29, 0.717) is 34.9 Å². The van der Waals surface area contributed by atoms with Gasteiger partial charge in [0, 0.05) is 53.5 Å². The largest absolute Gasteiger partial charge is 0.495 e. The van der Waals surface area contributed by atoms with Crippen LogP contribution >= 0.6 is 11.6 Å². The van der Waals surface area contributed by atoms with E-state index in [0.717, 1.165) is 22.4 Å². The molecule has 1 aliphatic heterocycles. The molecule has 0 fully saturated rings. The maximum atomic E-state index is 13.7. The van der Waals surface area contributed by atoms with E-state index >= 15 is 0 Å². The molecule has 2 atom stereocenters. The molecule has 2 heterocycles. The van der Waals surface area contributed by atoms with Crippen molar-refractivity contribution in [1.29, 1.82) is 0 Å². The lowest BCUT2D eigenvalue weighted by Crippen LogP contribution is -2.42. The molecule has 0 saturated heterocycles. The second kappa shape index (κ2) is 9.07. The molecular weight excluding hydrogens is 448 g/mol. The van der Waals surface area contributed by atoms with Crippen molar-refractivity contribution in [2.24, 2.45) is 0 Å². The third-order valence-electron chi connectivity index (χ3n) is 6.81. The van der Waals surface area contributed by atoms with E-state index in [-0.39, 0.29) is 29.9 Å². The Hall–Kier alpha value is -3.44. The molecule has 2 aliphatic rings. The van der Waals surface area contributed by atoms with Crippen LogP contribution < -0.4 is 9.64 Å². The van der Waals surface area contributed by atoms with Crippen LogP contribution in [0.5, 0.6) is 5.75 Å². The van der Waals surface area contributed by atoms with Gasteiger partial charge in [0.15, 0.2) is 5.78 Å². The topological polar surface area (TPSA) is 59.5 Å². The summed E-state index contributed by atoms with van der Waals surface area (Å²) in [5, 5.41) is 0.566. The number of carbonyl (C=O) groups is 2. The molecule has 172 valence electrons. The predicted molar refractivity (Wildman–Crippen MR) is 132 cm³/mol. The van der Waals surface area contributed by atoms with Gasteiger partial charge in [0.1, 0.15) is 5.75 Å². The van der Waals surface area contributed by atoms with E-state index in [1.807, 2.05) is 55.5 Å². The molecular formula is C28H25ClN2O3. The van der Waals surface area contributed by atoms with E-state index in [1.165, 1.54) is 0 Å². The minimum absolute atomic E-state index is 0.00154. The molecule has 3 aromatic rings. The Morgan fingerprint density at radius 3 is 2.41 bits per heavy atom. The first kappa shape index (κ1) is 22.4. The minimum Gasteiger partial charge on any atom is -0.495 e. The highest BCUT2D eigenvalue weighted by Crippen LogP contribution is 2.48. The minimum atomic E-state index is -0.287. The molecule has 2 aromatic carbocycles. The predicted octanol–water partition coefficient (Wildman–Crippen LogP) is 5.97. The summed E-state index contributed by atoms with van der Waals surface area (Å²) in [5.41, 5.74) is 4.96. The van der Waals surface area contributed by atoms with Gasteiger partial charge in [-0.05, 0) is 54.2 Å². The molecule has 0 radical (unpaired) electrons. The number of hydrogen-bond acceptors (Lipinski definition) is 4. The van der Waals surface area contributed by atoms with Crippen LogP contribution in [0.1, 0.15) is 47.8 Å². The second-order valence-electron chi connectivity index (χ2n) is 8.84. The van der Waals surface area contributed by atoms with Gasteiger partial charge in [-0.15, -0.1) is 0 Å². The highest BCUT2D eigenvalue weighted by molar-refractivity contribution is 6.31. The summed E-state index contributed by atoms with van der Waals surface area (Å²) in [6, 6.07) is 17.4. The van der Waals surface area contributed by atoms with E-state index in [1.54, 1.807) is 30.5 Å². The number of amides is 1. The van der Waals surface area contributed by atoms with Crippen molar-refractivity contribution >= 4 is 29.0 Å². The van der Waals surface area contributed by atoms with Gasteiger partial charge in [-0.2, -0.15) is 0 Å². The number of pyridine rings is 1. The number of anilines is 1. The van der Waals surface area contributed by atoms with Crippen molar-refractivity contribution < 1.29 is 14.3 Å². The van der Waals surface area contributed by atoms with Crippen LogP contribution in [0.2, 0.25) is 5.02 Å². The zero-order valence-electron chi connectivity index (χ0n) is 19.1. The van der Waals surface area contributed by atoms with Crippen LogP contribution in [0.3, 0.4) is 0 Å². The Bertz CT molecular complexity index is 1290. The number of aromatic nitrogens is 1. The fraction of sp³-hybridized carbons (Fsp3) is 0.250. The normalized spacial score (nSPS) is 20.4. The lowest BCUT2D eigenvalue weighted by atomic mass is 9.73. The molecule has 0 N–H and O–H groups in total. The lowest BCUT2D eigenvalue weighted by molar-refractivity contribution is -0.120. The van der Waals surface area contributed by atoms with Crippen molar-refractivity contribution in [3.8, 4) is 5.75 Å². The molecule has 2 unspecified atom stereocenters. The molecule has 0 bridgehead atoms. The van der Waals surface area contributed by atoms with Crippen molar-refractivity contribution in [2.75, 3.05) is 12.0 Å². The Labute approximate surface area is 204 Å². The van der Waals surface area contributed by atoms with Crippen LogP contribution in [-0.4, -0.2) is 23.8 Å². The van der Waals surface area contributed by atoms with E-state index in [9.17, 15) is 9.59 Å². The summed E-state index contributed by atoms with van der Waals surface area (Å²) in [5.74, 6) is 0.234. The fourth-order valence-electron chi connectivity index (χ4n) is 5.14. The number of carbonyl (C=O) groups excluding carboxylic acids is 2. The molecule has 1 aliphatic carbocycles. The summed E-state index contributed by atoms with van der Waals surface area (Å²) < 4.78 is 5.62. The standard InChI is InChI=1S/C28H25ClN2O3/c1-17-12-23(26(34-2)16-22(17)29)31-24-13-20(18-6-4-3-5-7-18)14-25(32)28(24)21(15-27(31)33)19-8-10-30-11-9-19/h3-12,16,20-21H,13-15H2,1-2H3. The summed E-state index contributed by atoms with van der Waals surface area (Å²) >= 11 is 6.35. The lowest BCUT2D eigenvalue weighted by Gasteiger charge is -2.41. The monoisotopic (exact) mass is 472 g/mol. The Balaban J connectivity index is 1.70. The quantitative estimate of drug-likeness (QED) is 0.469. The molecule has 6 heteroatoms. The van der Waals surface area contributed by atoms with Gasteiger partial charge in [0.25, 0.3) is 0 Å². The summed E-state index contributed by atoms with van der Waals surface area (Å²) in [4.78, 5) is 33.2. The van der Waals surface area contributed by atoms with Crippen LogP contribution in [0.15, 0.2) is 78.3 Å². The van der Waals surface area contributed by atoms with Crippen molar-refractivity contribution in [3.63, 3.8) is 0 Å². The number of Topliss-reactive ketones (excluding diaryl/α,β-unsaturated/α-hetero) is 1. The van der Waals surface area contributed by atoms with Gasteiger partial charge in [-0.3, -0.25) is 19.5 Å². The summed E-state index contributed by atoms with van der Waals surface area (Å²) in [6.45, 7) is 1.90. The van der Waals surface area contributed by atoms with Crippen molar-refractivity contribution in [1.82, 2.24) is 4.98 Å². The number of hydrogen-bond donors (Lipinski definition) is 0. The van der Waals surface area contributed by atoms with Crippen LogP contribution in [0.25, 0.3) is 0 Å². The Kier molecular flexibility index (Phi) is 5.96. The van der Waals surface area contributed by atoms with Gasteiger partial charge in [-0.25, -0.2) is 0 Å². The average molecular weight is 473 g/mol. The number of benzene rings is 2. The molecule has 5 nitrogen and oxygen atoms in total. The zero-order valence-corrected chi connectivity index (χ0v) is 19.9. The summed E-state index contributed by atoms with van der Waals surface area (Å²) in [6.07, 6.45) is 4.62. The number of aryl methyl sites for hydroxylation is 1.